The monoisotopic (exact) mass is 638 g/mol. The lowest BCUT2D eigenvalue weighted by Gasteiger charge is -2.31. The van der Waals surface area contributed by atoms with E-state index in [2.05, 4.69) is 33.8 Å². The van der Waals surface area contributed by atoms with Crippen LogP contribution in [0, 0.1) is 23.7 Å². The number of aryl methyl sites for hydroxylation is 2. The molecule has 2 atom stereocenters. The number of hydrogen-bond acceptors (Lipinski definition) is 5. The Balaban J connectivity index is 1.04. The zero-order chi connectivity index (χ0) is 32.6. The van der Waals surface area contributed by atoms with Gasteiger partial charge in [-0.3, -0.25) is 4.79 Å². The van der Waals surface area contributed by atoms with Gasteiger partial charge in [0.1, 0.15) is 29.8 Å². The third-order valence-electron chi connectivity index (χ3n) is 10.9. The summed E-state index contributed by atoms with van der Waals surface area (Å²) in [6, 6.07) is 0. The standard InChI is InChI=1S/C39H60F2N4O/c1-3-5-7-9-31-25-42-38(43-26-31)23-36(40)33-17-11-29(12-18-33)15-21-35(46)22-16-30-13-19-34(20-14-30)37(41)24-39-44-27-32(28-45-39)10-8-6-4-2/h25-30,33-34,36-37H,3-24H2,1-2H3. The number of carbonyl (C=O) groups is 1. The van der Waals surface area contributed by atoms with Crippen molar-refractivity contribution < 1.29 is 13.6 Å². The van der Waals surface area contributed by atoms with Gasteiger partial charge in [-0.2, -0.15) is 0 Å². The first-order chi connectivity index (χ1) is 22.4. The molecule has 2 aliphatic rings. The molecule has 2 heterocycles. The summed E-state index contributed by atoms with van der Waals surface area (Å²) < 4.78 is 30.2. The van der Waals surface area contributed by atoms with Gasteiger partial charge in [-0.1, -0.05) is 65.2 Å². The van der Waals surface area contributed by atoms with E-state index in [0.29, 0.717) is 55.0 Å². The summed E-state index contributed by atoms with van der Waals surface area (Å²) in [4.78, 5) is 30.5. The number of alkyl halides is 2. The molecule has 2 aliphatic carbocycles. The summed E-state index contributed by atoms with van der Waals surface area (Å²) in [5.74, 6) is 2.81. The molecule has 0 amide bonds. The van der Waals surface area contributed by atoms with Crippen molar-refractivity contribution in [2.24, 2.45) is 23.7 Å². The van der Waals surface area contributed by atoms with E-state index in [4.69, 9.17) is 0 Å². The van der Waals surface area contributed by atoms with Gasteiger partial charge in [0.05, 0.1) is 0 Å². The lowest BCUT2D eigenvalue weighted by Crippen LogP contribution is -2.26. The van der Waals surface area contributed by atoms with Gasteiger partial charge in [-0.05, 0) is 99.0 Å². The van der Waals surface area contributed by atoms with Crippen molar-refractivity contribution in [2.45, 2.75) is 167 Å². The van der Waals surface area contributed by atoms with E-state index in [1.165, 1.54) is 25.7 Å². The molecule has 2 fully saturated rings. The molecule has 2 saturated carbocycles. The smallest absolute Gasteiger partial charge is 0.132 e. The van der Waals surface area contributed by atoms with Gasteiger partial charge in [0.2, 0.25) is 0 Å². The van der Waals surface area contributed by atoms with Crippen LogP contribution in [0.3, 0.4) is 0 Å². The third-order valence-corrected chi connectivity index (χ3v) is 10.9. The van der Waals surface area contributed by atoms with Gasteiger partial charge in [-0.25, -0.2) is 28.7 Å². The Hall–Kier alpha value is -2.31. The number of hydrogen-bond donors (Lipinski definition) is 0. The molecule has 0 saturated heterocycles. The summed E-state index contributed by atoms with van der Waals surface area (Å²) >= 11 is 0. The number of Topliss-reactive ketones (excluding diaryl/α,β-unsaturated/α-hetero) is 1. The van der Waals surface area contributed by atoms with Crippen LogP contribution in [0.1, 0.15) is 152 Å². The Bertz CT molecular complexity index is 1020. The first kappa shape index (κ1) is 36.5. The molecule has 2 aromatic rings. The molecule has 4 rings (SSSR count). The van der Waals surface area contributed by atoms with Crippen LogP contribution < -0.4 is 0 Å². The highest BCUT2D eigenvalue weighted by atomic mass is 19.1. The van der Waals surface area contributed by atoms with Crippen molar-refractivity contribution in [1.29, 1.82) is 0 Å². The van der Waals surface area contributed by atoms with E-state index in [1.807, 2.05) is 24.8 Å². The van der Waals surface area contributed by atoms with Gasteiger partial charge in [0.25, 0.3) is 0 Å². The van der Waals surface area contributed by atoms with Gasteiger partial charge < -0.3 is 0 Å². The van der Waals surface area contributed by atoms with Gasteiger partial charge in [0.15, 0.2) is 0 Å². The minimum absolute atomic E-state index is 0.0761. The Morgan fingerprint density at radius 3 is 1.35 bits per heavy atom. The first-order valence-electron chi connectivity index (χ1n) is 18.8. The Labute approximate surface area is 277 Å². The predicted molar refractivity (Wildman–Crippen MR) is 182 cm³/mol. The van der Waals surface area contributed by atoms with E-state index in [9.17, 15) is 4.79 Å². The van der Waals surface area contributed by atoms with Crippen LogP contribution in [-0.4, -0.2) is 38.1 Å². The zero-order valence-electron chi connectivity index (χ0n) is 28.8. The highest BCUT2D eigenvalue weighted by Gasteiger charge is 2.30. The number of carbonyl (C=O) groups excluding carboxylic acids is 1. The molecule has 256 valence electrons. The maximum atomic E-state index is 15.1. The van der Waals surface area contributed by atoms with E-state index < -0.39 is 12.3 Å². The van der Waals surface area contributed by atoms with Gasteiger partial charge in [0, 0.05) is 50.5 Å². The molecule has 0 aliphatic heterocycles. The molecule has 0 aromatic carbocycles. The van der Waals surface area contributed by atoms with E-state index in [-0.39, 0.29) is 11.8 Å². The number of nitrogens with zero attached hydrogens (tertiary/aromatic N) is 4. The first-order valence-corrected chi connectivity index (χ1v) is 18.8. The van der Waals surface area contributed by atoms with Crippen LogP contribution in [0.5, 0.6) is 0 Å². The maximum Gasteiger partial charge on any atom is 0.132 e. The topological polar surface area (TPSA) is 68.6 Å². The van der Waals surface area contributed by atoms with Gasteiger partial charge >= 0.3 is 0 Å². The Morgan fingerprint density at radius 1 is 0.630 bits per heavy atom. The number of ketones is 1. The Kier molecular flexibility index (Phi) is 16.0. The summed E-state index contributed by atoms with van der Waals surface area (Å²) in [5, 5.41) is 0. The minimum Gasteiger partial charge on any atom is -0.300 e. The fourth-order valence-electron chi connectivity index (χ4n) is 7.60. The van der Waals surface area contributed by atoms with Gasteiger partial charge in [-0.15, -0.1) is 0 Å². The lowest BCUT2D eigenvalue weighted by atomic mass is 9.76. The summed E-state index contributed by atoms with van der Waals surface area (Å²) in [5.41, 5.74) is 2.28. The van der Waals surface area contributed by atoms with Crippen molar-refractivity contribution in [3.05, 3.63) is 47.6 Å². The average molecular weight is 639 g/mol. The number of unbranched alkanes of at least 4 members (excludes halogenated alkanes) is 4. The quantitative estimate of drug-likeness (QED) is 0.135. The molecule has 0 bridgehead atoms. The maximum absolute atomic E-state index is 15.1. The summed E-state index contributed by atoms with van der Waals surface area (Å²) in [7, 11) is 0. The number of aromatic nitrogens is 4. The molecule has 5 nitrogen and oxygen atoms in total. The molecule has 2 aromatic heterocycles. The Morgan fingerprint density at radius 2 is 1.00 bits per heavy atom. The molecule has 0 spiro atoms. The van der Waals surface area contributed by atoms with Crippen LogP contribution >= 0.6 is 0 Å². The fraction of sp³-hybridized carbons (Fsp3) is 0.769. The number of rotatable bonds is 20. The normalized spacial score (nSPS) is 23.2. The van der Waals surface area contributed by atoms with Crippen molar-refractivity contribution in [3.63, 3.8) is 0 Å². The van der Waals surface area contributed by atoms with Crippen LogP contribution in [0.25, 0.3) is 0 Å². The van der Waals surface area contributed by atoms with Crippen molar-refractivity contribution in [2.75, 3.05) is 0 Å². The highest BCUT2D eigenvalue weighted by molar-refractivity contribution is 5.78. The molecule has 0 N–H and O–H groups in total. The zero-order valence-corrected chi connectivity index (χ0v) is 28.8. The second-order valence-electron chi connectivity index (χ2n) is 14.5. The molecule has 46 heavy (non-hydrogen) atoms. The van der Waals surface area contributed by atoms with Crippen molar-refractivity contribution in [3.8, 4) is 0 Å². The van der Waals surface area contributed by atoms with Crippen LogP contribution in [0.4, 0.5) is 8.78 Å². The van der Waals surface area contributed by atoms with Crippen molar-refractivity contribution in [1.82, 2.24) is 19.9 Å². The second kappa shape index (κ2) is 20.1. The molecule has 2 unspecified atom stereocenters. The van der Waals surface area contributed by atoms with E-state index in [1.54, 1.807) is 0 Å². The number of halogens is 2. The highest BCUT2D eigenvalue weighted by Crippen LogP contribution is 2.37. The molecular formula is C39H60F2N4O. The summed E-state index contributed by atoms with van der Waals surface area (Å²) in [6.07, 6.45) is 26.2. The van der Waals surface area contributed by atoms with Crippen molar-refractivity contribution >= 4 is 5.78 Å². The minimum atomic E-state index is -0.892. The molecular weight excluding hydrogens is 578 g/mol. The predicted octanol–water partition coefficient (Wildman–Crippen LogP) is 9.94. The van der Waals surface area contributed by atoms with Crippen LogP contribution in [0.15, 0.2) is 24.8 Å². The molecule has 7 heteroatoms. The average Bonchev–Trinajstić information content (AvgIpc) is 3.08. The van der Waals surface area contributed by atoms with E-state index in [0.717, 1.165) is 101 Å². The third kappa shape index (κ3) is 12.7. The van der Waals surface area contributed by atoms with E-state index >= 15 is 8.78 Å². The SMILES string of the molecule is CCCCCc1cnc(CC(F)C2CCC(CCC(=O)CCC3CCC(C(F)Cc4ncc(CCCCC)cn4)CC3)CC2)nc1. The van der Waals surface area contributed by atoms with Crippen LogP contribution in [0.2, 0.25) is 0 Å². The lowest BCUT2D eigenvalue weighted by molar-refractivity contribution is -0.119. The fourth-order valence-corrected chi connectivity index (χ4v) is 7.60. The van der Waals surface area contributed by atoms with Crippen LogP contribution in [-0.2, 0) is 30.5 Å². The second-order valence-corrected chi connectivity index (χ2v) is 14.5. The molecule has 0 radical (unpaired) electrons. The largest absolute Gasteiger partial charge is 0.300 e. The summed E-state index contributed by atoms with van der Waals surface area (Å²) in [6.45, 7) is 4.39.